The zero-order valence-corrected chi connectivity index (χ0v) is 14.5. The Hall–Kier alpha value is -1.10. The van der Waals surface area contributed by atoms with Gasteiger partial charge in [0.15, 0.2) is 6.10 Å². The van der Waals surface area contributed by atoms with Gasteiger partial charge in [0.25, 0.3) is 5.91 Å². The third kappa shape index (κ3) is 5.48. The summed E-state index contributed by atoms with van der Waals surface area (Å²) in [6.45, 7) is 2.34. The SMILES string of the molecule is CCOC(C(=O)Nc1ccccc1Cl)[C@H](N)CC1CCCCC1. The van der Waals surface area contributed by atoms with E-state index in [-0.39, 0.29) is 11.9 Å². The van der Waals surface area contributed by atoms with Crippen molar-refractivity contribution < 1.29 is 9.53 Å². The number of benzene rings is 1. The fourth-order valence-electron chi connectivity index (χ4n) is 3.27. The summed E-state index contributed by atoms with van der Waals surface area (Å²) in [7, 11) is 0. The maximum Gasteiger partial charge on any atom is 0.255 e. The minimum absolute atomic E-state index is 0.219. The van der Waals surface area contributed by atoms with Crippen LogP contribution in [0.2, 0.25) is 5.02 Å². The van der Waals surface area contributed by atoms with Gasteiger partial charge in [-0.3, -0.25) is 4.79 Å². The monoisotopic (exact) mass is 338 g/mol. The number of nitrogens with one attached hydrogen (secondary N) is 1. The average Bonchev–Trinajstić information content (AvgIpc) is 2.55. The van der Waals surface area contributed by atoms with Gasteiger partial charge in [-0.05, 0) is 31.4 Å². The van der Waals surface area contributed by atoms with Crippen molar-refractivity contribution in [2.45, 2.75) is 57.6 Å². The van der Waals surface area contributed by atoms with E-state index in [9.17, 15) is 4.79 Å². The van der Waals surface area contributed by atoms with Crippen LogP contribution in [0.15, 0.2) is 24.3 Å². The molecule has 1 aromatic rings. The average molecular weight is 339 g/mol. The topological polar surface area (TPSA) is 64.3 Å². The molecule has 2 rings (SSSR count). The van der Waals surface area contributed by atoms with Gasteiger partial charge in [0, 0.05) is 12.6 Å². The normalized spacial score (nSPS) is 18.4. The maximum atomic E-state index is 12.6. The Bertz CT molecular complexity index is 504. The number of carbonyl (C=O) groups is 1. The van der Waals surface area contributed by atoms with Crippen LogP contribution in [0.5, 0.6) is 0 Å². The van der Waals surface area contributed by atoms with Gasteiger partial charge in [-0.15, -0.1) is 0 Å². The molecule has 0 saturated heterocycles. The zero-order valence-electron chi connectivity index (χ0n) is 13.8. The number of hydrogen-bond acceptors (Lipinski definition) is 3. The highest BCUT2D eigenvalue weighted by Gasteiger charge is 2.29. The molecule has 1 aliphatic carbocycles. The van der Waals surface area contributed by atoms with Gasteiger partial charge < -0.3 is 15.8 Å². The van der Waals surface area contributed by atoms with Gasteiger partial charge in [-0.2, -0.15) is 0 Å². The predicted molar refractivity (Wildman–Crippen MR) is 94.7 cm³/mol. The van der Waals surface area contributed by atoms with Gasteiger partial charge in [-0.1, -0.05) is 55.8 Å². The molecular weight excluding hydrogens is 312 g/mol. The van der Waals surface area contributed by atoms with Crippen molar-refractivity contribution >= 4 is 23.2 Å². The van der Waals surface area contributed by atoms with E-state index in [1.807, 2.05) is 19.1 Å². The van der Waals surface area contributed by atoms with E-state index >= 15 is 0 Å². The van der Waals surface area contributed by atoms with Crippen molar-refractivity contribution in [1.29, 1.82) is 0 Å². The van der Waals surface area contributed by atoms with Gasteiger partial charge in [0.2, 0.25) is 0 Å². The van der Waals surface area contributed by atoms with Crippen molar-refractivity contribution in [3.63, 3.8) is 0 Å². The Morgan fingerprint density at radius 1 is 1.35 bits per heavy atom. The Labute approximate surface area is 143 Å². The minimum Gasteiger partial charge on any atom is -0.367 e. The standard InChI is InChI=1S/C18H27ClN2O2/c1-2-23-17(15(20)12-13-8-4-3-5-9-13)18(22)21-16-11-7-6-10-14(16)19/h6-7,10-11,13,15,17H,2-5,8-9,12,20H2,1H3,(H,21,22)/t15-,17?/m1/s1. The van der Waals surface area contributed by atoms with Crippen LogP contribution in [0, 0.1) is 5.92 Å². The molecule has 0 bridgehead atoms. The number of anilines is 1. The lowest BCUT2D eigenvalue weighted by Crippen LogP contribution is -2.46. The molecule has 0 spiro atoms. The summed E-state index contributed by atoms with van der Waals surface area (Å²) in [5, 5.41) is 3.35. The highest BCUT2D eigenvalue weighted by atomic mass is 35.5. The van der Waals surface area contributed by atoms with Crippen LogP contribution in [0.3, 0.4) is 0 Å². The quantitative estimate of drug-likeness (QED) is 0.790. The van der Waals surface area contributed by atoms with E-state index in [1.165, 1.54) is 32.1 Å². The van der Waals surface area contributed by atoms with E-state index in [4.69, 9.17) is 22.1 Å². The highest BCUT2D eigenvalue weighted by Crippen LogP contribution is 2.28. The number of rotatable bonds is 7. The number of ether oxygens (including phenoxy) is 1. The molecule has 23 heavy (non-hydrogen) atoms. The van der Waals surface area contributed by atoms with Crippen molar-refractivity contribution in [3.8, 4) is 0 Å². The number of carbonyl (C=O) groups excluding carboxylic acids is 1. The van der Waals surface area contributed by atoms with Crippen molar-refractivity contribution in [1.82, 2.24) is 0 Å². The fraction of sp³-hybridized carbons (Fsp3) is 0.611. The van der Waals surface area contributed by atoms with Crippen LogP contribution in [-0.2, 0) is 9.53 Å². The Kier molecular flexibility index (Phi) is 7.34. The molecule has 1 saturated carbocycles. The summed E-state index contributed by atoms with van der Waals surface area (Å²) < 4.78 is 5.64. The van der Waals surface area contributed by atoms with Gasteiger partial charge in [0.05, 0.1) is 10.7 Å². The van der Waals surface area contributed by atoms with Crippen LogP contribution in [0.1, 0.15) is 45.4 Å². The number of halogens is 1. The van der Waals surface area contributed by atoms with Crippen LogP contribution >= 0.6 is 11.6 Å². The number of amides is 1. The molecule has 1 amide bonds. The maximum absolute atomic E-state index is 12.6. The second kappa shape index (κ2) is 9.26. The molecule has 0 heterocycles. The summed E-state index contributed by atoms with van der Waals surface area (Å²) in [5.74, 6) is 0.387. The molecular formula is C18H27ClN2O2. The smallest absolute Gasteiger partial charge is 0.255 e. The number of para-hydroxylation sites is 1. The van der Waals surface area contributed by atoms with Crippen LogP contribution in [0.25, 0.3) is 0 Å². The fourth-order valence-corrected chi connectivity index (χ4v) is 3.45. The van der Waals surface area contributed by atoms with Crippen LogP contribution < -0.4 is 11.1 Å². The third-order valence-electron chi connectivity index (χ3n) is 4.46. The summed E-state index contributed by atoms with van der Waals surface area (Å²) in [4.78, 5) is 12.6. The molecule has 0 aromatic heterocycles. The lowest BCUT2D eigenvalue weighted by molar-refractivity contribution is -0.128. The minimum atomic E-state index is -0.641. The highest BCUT2D eigenvalue weighted by molar-refractivity contribution is 6.33. The second-order valence-electron chi connectivity index (χ2n) is 6.25. The molecule has 4 nitrogen and oxygen atoms in total. The Balaban J connectivity index is 1.98. The molecule has 5 heteroatoms. The van der Waals surface area contributed by atoms with Gasteiger partial charge in [-0.25, -0.2) is 0 Å². The van der Waals surface area contributed by atoms with E-state index in [2.05, 4.69) is 5.32 Å². The van der Waals surface area contributed by atoms with Gasteiger partial charge in [0.1, 0.15) is 0 Å². The van der Waals surface area contributed by atoms with E-state index in [1.54, 1.807) is 12.1 Å². The molecule has 1 aromatic carbocycles. The zero-order chi connectivity index (χ0) is 16.7. The Morgan fingerprint density at radius 3 is 2.70 bits per heavy atom. The molecule has 3 N–H and O–H groups in total. The molecule has 1 fully saturated rings. The van der Waals surface area contributed by atoms with E-state index < -0.39 is 6.10 Å². The van der Waals surface area contributed by atoms with E-state index in [0.717, 1.165) is 6.42 Å². The van der Waals surface area contributed by atoms with Crippen molar-refractivity contribution in [2.75, 3.05) is 11.9 Å². The number of nitrogens with two attached hydrogens (primary N) is 1. The van der Waals surface area contributed by atoms with Crippen molar-refractivity contribution in [3.05, 3.63) is 29.3 Å². The first kappa shape index (κ1) is 18.2. The summed E-state index contributed by atoms with van der Waals surface area (Å²) in [6, 6.07) is 6.89. The molecule has 0 aliphatic heterocycles. The first-order valence-electron chi connectivity index (χ1n) is 8.54. The summed E-state index contributed by atoms with van der Waals surface area (Å²) in [5.41, 5.74) is 6.90. The lowest BCUT2D eigenvalue weighted by Gasteiger charge is -2.28. The first-order chi connectivity index (χ1) is 11.1. The van der Waals surface area contributed by atoms with E-state index in [0.29, 0.717) is 23.2 Å². The largest absolute Gasteiger partial charge is 0.367 e. The van der Waals surface area contributed by atoms with Crippen LogP contribution in [0.4, 0.5) is 5.69 Å². The lowest BCUT2D eigenvalue weighted by atomic mass is 9.84. The molecule has 1 aliphatic rings. The predicted octanol–water partition coefficient (Wildman–Crippen LogP) is 3.98. The summed E-state index contributed by atoms with van der Waals surface area (Å²) >= 11 is 6.10. The molecule has 1 unspecified atom stereocenters. The molecule has 2 atom stereocenters. The molecule has 128 valence electrons. The first-order valence-corrected chi connectivity index (χ1v) is 8.92. The Morgan fingerprint density at radius 2 is 2.04 bits per heavy atom. The van der Waals surface area contributed by atoms with Gasteiger partial charge >= 0.3 is 0 Å². The number of hydrogen-bond donors (Lipinski definition) is 2. The van der Waals surface area contributed by atoms with Crippen LogP contribution in [-0.4, -0.2) is 24.7 Å². The second-order valence-corrected chi connectivity index (χ2v) is 6.66. The molecule has 0 radical (unpaired) electrons. The third-order valence-corrected chi connectivity index (χ3v) is 4.79. The van der Waals surface area contributed by atoms with Crippen molar-refractivity contribution in [2.24, 2.45) is 11.7 Å². The summed E-state index contributed by atoms with van der Waals surface area (Å²) in [6.07, 6.45) is 6.45.